The van der Waals surface area contributed by atoms with Crippen molar-refractivity contribution in [1.82, 2.24) is 9.80 Å². The molecule has 0 bridgehead atoms. The predicted octanol–water partition coefficient (Wildman–Crippen LogP) is 1.71. The monoisotopic (exact) mass is 406 g/mol. The normalized spacial score (nSPS) is 18.9. The molecule has 0 unspecified atom stereocenters. The van der Waals surface area contributed by atoms with Crippen LogP contribution in [-0.2, 0) is 9.59 Å². The highest BCUT2D eigenvalue weighted by atomic mass is 16.4. The van der Waals surface area contributed by atoms with Crippen LogP contribution >= 0.6 is 0 Å². The molecule has 1 aliphatic heterocycles. The van der Waals surface area contributed by atoms with Gasteiger partial charge < -0.3 is 20.2 Å². The molecule has 1 aromatic carbocycles. The minimum atomic E-state index is -1.26. The van der Waals surface area contributed by atoms with E-state index in [-0.39, 0.29) is 11.9 Å². The van der Waals surface area contributed by atoms with Crippen LogP contribution in [0.3, 0.4) is 0 Å². The molecule has 8 heteroatoms. The zero-order valence-electron chi connectivity index (χ0n) is 16.9. The molecule has 1 heterocycles. The molecule has 2 atom stereocenters. The molecule has 29 heavy (non-hydrogen) atoms. The Morgan fingerprint density at radius 2 is 1.66 bits per heavy atom. The van der Waals surface area contributed by atoms with Gasteiger partial charge in [-0.2, -0.15) is 0 Å². The lowest BCUT2D eigenvalue weighted by molar-refractivity contribution is -0.134. The van der Waals surface area contributed by atoms with Crippen LogP contribution in [0.4, 0.5) is 0 Å². The number of carbonyl (C=O) groups is 3. The van der Waals surface area contributed by atoms with Crippen molar-refractivity contribution in [2.24, 2.45) is 0 Å². The van der Waals surface area contributed by atoms with E-state index in [4.69, 9.17) is 10.2 Å². The number of rotatable bonds is 8. The zero-order chi connectivity index (χ0) is 21.8. The zero-order valence-corrected chi connectivity index (χ0v) is 16.9. The van der Waals surface area contributed by atoms with Crippen molar-refractivity contribution < 1.29 is 29.7 Å². The third-order valence-corrected chi connectivity index (χ3v) is 4.58. The second-order valence-electron chi connectivity index (χ2n) is 6.71. The van der Waals surface area contributed by atoms with E-state index in [9.17, 15) is 19.5 Å². The number of carboxylic acids is 2. The third-order valence-electron chi connectivity index (χ3n) is 4.58. The largest absolute Gasteiger partial charge is 0.478 e. The molecule has 8 nitrogen and oxygen atoms in total. The van der Waals surface area contributed by atoms with Crippen LogP contribution in [0, 0.1) is 0 Å². The maximum atomic E-state index is 12.8. The molecular formula is C21H30N2O6. The summed E-state index contributed by atoms with van der Waals surface area (Å²) in [6.45, 7) is 7.25. The van der Waals surface area contributed by atoms with E-state index in [0.29, 0.717) is 30.8 Å². The Balaban J connectivity index is 0.000000447. The number of aliphatic carboxylic acids is 2. The summed E-state index contributed by atoms with van der Waals surface area (Å²) in [6, 6.07) is 9.28. The summed E-state index contributed by atoms with van der Waals surface area (Å²) in [4.78, 5) is 36.0. The maximum Gasteiger partial charge on any atom is 0.328 e. The van der Waals surface area contributed by atoms with Gasteiger partial charge in [-0.3, -0.25) is 9.69 Å². The molecule has 0 aromatic heterocycles. The smallest absolute Gasteiger partial charge is 0.328 e. The summed E-state index contributed by atoms with van der Waals surface area (Å²) in [5.74, 6) is -2.48. The Hall–Kier alpha value is -2.71. The average Bonchev–Trinajstić information content (AvgIpc) is 3.08. The van der Waals surface area contributed by atoms with E-state index in [1.165, 1.54) is 0 Å². The van der Waals surface area contributed by atoms with Crippen LogP contribution in [-0.4, -0.2) is 81.3 Å². The summed E-state index contributed by atoms with van der Waals surface area (Å²) < 4.78 is 0. The number of likely N-dealkylation sites (N-methyl/N-ethyl adjacent to an activating group) is 1. The Kier molecular flexibility index (Phi) is 10.6. The third kappa shape index (κ3) is 8.45. The van der Waals surface area contributed by atoms with Crippen LogP contribution in [0.25, 0.3) is 0 Å². The standard InChI is InChI=1S/C17H26N2O2.C4H4O4/c1-3-5-11-19(15-12-18(4-2)13-16(15)20)17(21)14-9-7-6-8-10-14;5-3(6)1-2-4(7)8/h6-10,15-16,20H,3-5,11-13H2,1-2H3;1-2H,(H,5,6)(H,7,8)/t15-,16-;/m1./s1. The first-order valence-corrected chi connectivity index (χ1v) is 9.70. The van der Waals surface area contributed by atoms with E-state index in [1.807, 2.05) is 35.2 Å². The minimum absolute atomic E-state index is 0.0334. The highest BCUT2D eigenvalue weighted by molar-refractivity contribution is 5.94. The Morgan fingerprint density at radius 3 is 2.10 bits per heavy atom. The van der Waals surface area contributed by atoms with Gasteiger partial charge in [0.05, 0.1) is 12.1 Å². The van der Waals surface area contributed by atoms with Crippen molar-refractivity contribution in [3.05, 3.63) is 48.0 Å². The van der Waals surface area contributed by atoms with Crippen LogP contribution < -0.4 is 0 Å². The van der Waals surface area contributed by atoms with Gasteiger partial charge in [0, 0.05) is 37.3 Å². The van der Waals surface area contributed by atoms with Crippen molar-refractivity contribution in [1.29, 1.82) is 0 Å². The summed E-state index contributed by atoms with van der Waals surface area (Å²) in [7, 11) is 0. The Bertz CT molecular complexity index is 676. The number of benzene rings is 1. The van der Waals surface area contributed by atoms with E-state index < -0.39 is 18.0 Å². The second kappa shape index (κ2) is 12.7. The van der Waals surface area contributed by atoms with Crippen molar-refractivity contribution in [2.45, 2.75) is 38.8 Å². The van der Waals surface area contributed by atoms with Crippen molar-refractivity contribution in [3.8, 4) is 0 Å². The fraction of sp³-hybridized carbons (Fsp3) is 0.476. The number of aliphatic hydroxyl groups is 1. The minimum Gasteiger partial charge on any atom is -0.478 e. The number of hydrogen-bond donors (Lipinski definition) is 3. The van der Waals surface area contributed by atoms with E-state index >= 15 is 0 Å². The number of carbonyl (C=O) groups excluding carboxylic acids is 1. The average molecular weight is 406 g/mol. The van der Waals surface area contributed by atoms with Crippen LogP contribution in [0.5, 0.6) is 0 Å². The highest BCUT2D eigenvalue weighted by Gasteiger charge is 2.37. The molecule has 1 fully saturated rings. The van der Waals surface area contributed by atoms with Gasteiger partial charge in [-0.05, 0) is 25.1 Å². The lowest BCUT2D eigenvalue weighted by atomic mass is 10.1. The summed E-state index contributed by atoms with van der Waals surface area (Å²) in [5, 5.41) is 25.9. The lowest BCUT2D eigenvalue weighted by Crippen LogP contribution is -2.47. The molecule has 0 aliphatic carbocycles. The predicted molar refractivity (Wildman–Crippen MR) is 109 cm³/mol. The fourth-order valence-corrected chi connectivity index (χ4v) is 3.05. The van der Waals surface area contributed by atoms with Crippen molar-refractivity contribution >= 4 is 17.8 Å². The summed E-state index contributed by atoms with van der Waals surface area (Å²) >= 11 is 0. The number of carboxylic acid groups (broad SMARTS) is 2. The molecule has 1 aliphatic rings. The first kappa shape index (κ1) is 24.3. The fourth-order valence-electron chi connectivity index (χ4n) is 3.05. The van der Waals surface area contributed by atoms with Gasteiger partial charge in [-0.1, -0.05) is 38.5 Å². The van der Waals surface area contributed by atoms with Crippen molar-refractivity contribution in [2.75, 3.05) is 26.2 Å². The van der Waals surface area contributed by atoms with Crippen molar-refractivity contribution in [3.63, 3.8) is 0 Å². The summed E-state index contributed by atoms with van der Waals surface area (Å²) in [5.41, 5.74) is 0.704. The van der Waals surface area contributed by atoms with Gasteiger partial charge in [-0.25, -0.2) is 9.59 Å². The number of nitrogens with zero attached hydrogens (tertiary/aromatic N) is 2. The Labute approximate surface area is 171 Å². The number of likely N-dealkylation sites (tertiary alicyclic amines) is 1. The Morgan fingerprint density at radius 1 is 1.07 bits per heavy atom. The number of amides is 1. The first-order chi connectivity index (χ1) is 13.8. The lowest BCUT2D eigenvalue weighted by Gasteiger charge is -2.31. The van der Waals surface area contributed by atoms with E-state index in [0.717, 1.165) is 25.9 Å². The van der Waals surface area contributed by atoms with Crippen LogP contribution in [0.15, 0.2) is 42.5 Å². The van der Waals surface area contributed by atoms with Gasteiger partial charge in [0.2, 0.25) is 0 Å². The van der Waals surface area contributed by atoms with Crippen LogP contribution in [0.1, 0.15) is 37.0 Å². The van der Waals surface area contributed by atoms with Gasteiger partial charge in [0.15, 0.2) is 0 Å². The van der Waals surface area contributed by atoms with E-state index in [1.54, 1.807) is 0 Å². The molecule has 160 valence electrons. The van der Waals surface area contributed by atoms with E-state index in [2.05, 4.69) is 18.7 Å². The highest BCUT2D eigenvalue weighted by Crippen LogP contribution is 2.19. The molecular weight excluding hydrogens is 376 g/mol. The molecule has 2 rings (SSSR count). The van der Waals surface area contributed by atoms with Gasteiger partial charge >= 0.3 is 11.9 Å². The number of aliphatic hydroxyl groups excluding tert-OH is 1. The summed E-state index contributed by atoms with van der Waals surface area (Å²) in [6.07, 6.45) is 2.67. The quantitative estimate of drug-likeness (QED) is 0.562. The number of hydrogen-bond acceptors (Lipinski definition) is 5. The maximum absolute atomic E-state index is 12.8. The second-order valence-corrected chi connectivity index (χ2v) is 6.71. The van der Waals surface area contributed by atoms with Gasteiger partial charge in [0.25, 0.3) is 5.91 Å². The molecule has 0 saturated carbocycles. The topological polar surface area (TPSA) is 118 Å². The molecule has 0 spiro atoms. The SMILES string of the molecule is CCCCN(C(=O)c1ccccc1)[C@@H]1CN(CC)C[C@H]1O.O=C(O)C=CC(=O)O. The first-order valence-electron chi connectivity index (χ1n) is 9.70. The molecule has 1 aromatic rings. The molecule has 1 amide bonds. The molecule has 0 radical (unpaired) electrons. The number of β-amino-alcohol motifs (C(OH)–C–C–N with tert-alkyl or cyclic N) is 1. The molecule has 3 N–H and O–H groups in total. The van der Waals surface area contributed by atoms with Gasteiger partial charge in [0.1, 0.15) is 0 Å². The molecule has 1 saturated heterocycles. The van der Waals surface area contributed by atoms with Gasteiger partial charge in [-0.15, -0.1) is 0 Å². The van der Waals surface area contributed by atoms with Crippen LogP contribution in [0.2, 0.25) is 0 Å². The number of unbranched alkanes of at least 4 members (excludes halogenated alkanes) is 1.